The molecule has 338 valence electrons. The van der Waals surface area contributed by atoms with Crippen LogP contribution in [-0.4, -0.2) is 47.4 Å². The molecule has 1 amide bonds. The van der Waals surface area contributed by atoms with Gasteiger partial charge < -0.3 is 20.3 Å². The first-order valence-corrected chi connectivity index (χ1v) is 25.4. The maximum atomic E-state index is 12.4. The van der Waals surface area contributed by atoms with Gasteiger partial charge in [0.1, 0.15) is 0 Å². The van der Waals surface area contributed by atoms with Crippen LogP contribution in [0.2, 0.25) is 0 Å². The predicted octanol–water partition coefficient (Wildman–Crippen LogP) is 15.0. The Bertz CT molecular complexity index is 847. The number of esters is 1. The van der Waals surface area contributed by atoms with Crippen molar-refractivity contribution in [3.05, 3.63) is 12.2 Å². The number of unbranched alkanes of at least 4 members (excludes halogenated alkanes) is 34. The van der Waals surface area contributed by atoms with E-state index in [4.69, 9.17) is 4.74 Å². The van der Waals surface area contributed by atoms with Gasteiger partial charge in [-0.1, -0.05) is 225 Å². The Hall–Kier alpha value is -1.40. The Balaban J connectivity index is 3.43. The number of ether oxygens (including phenoxy) is 1. The lowest BCUT2D eigenvalue weighted by atomic mass is 10.0. The van der Waals surface area contributed by atoms with E-state index in [1.165, 1.54) is 193 Å². The van der Waals surface area contributed by atoms with Gasteiger partial charge in [0.05, 0.1) is 25.4 Å². The van der Waals surface area contributed by atoms with Crippen LogP contribution >= 0.6 is 0 Å². The minimum absolute atomic E-state index is 0.000468. The number of carbonyl (C=O) groups excluding carboxylic acids is 2. The highest BCUT2D eigenvalue weighted by atomic mass is 16.5. The molecule has 6 nitrogen and oxygen atoms in total. The van der Waals surface area contributed by atoms with Crippen LogP contribution in [0.1, 0.15) is 277 Å². The van der Waals surface area contributed by atoms with Gasteiger partial charge in [-0.2, -0.15) is 0 Å². The lowest BCUT2D eigenvalue weighted by Crippen LogP contribution is -2.45. The minimum Gasteiger partial charge on any atom is -0.466 e. The number of aliphatic hydroxyl groups is 2. The molecule has 6 heteroatoms. The highest BCUT2D eigenvalue weighted by Crippen LogP contribution is 2.16. The summed E-state index contributed by atoms with van der Waals surface area (Å²) in [4.78, 5) is 24.4. The number of aliphatic hydroxyl groups excluding tert-OH is 2. The summed E-state index contributed by atoms with van der Waals surface area (Å²) in [6.07, 6.45) is 53.3. The van der Waals surface area contributed by atoms with Crippen LogP contribution in [0.3, 0.4) is 0 Å². The molecule has 0 rings (SSSR count). The molecular weight excluding hydrogens is 707 g/mol. The first-order chi connectivity index (χ1) is 28.0. The summed E-state index contributed by atoms with van der Waals surface area (Å²) in [6, 6.07) is -0.547. The van der Waals surface area contributed by atoms with Gasteiger partial charge in [-0.15, -0.1) is 0 Å². The Morgan fingerprint density at radius 3 is 1.25 bits per heavy atom. The standard InChI is InChI=1S/C51H99NO5/c1-3-5-7-9-11-13-15-21-25-29-33-37-41-45-51(56)57-46-42-38-34-30-26-23-20-18-16-17-19-22-24-28-32-36-40-44-50(55)52-48(47-53)49(54)43-39-35-31-27-14-12-10-8-6-4-2/h16,18,48-49,53-54H,3-15,17,19-47H2,1-2H3,(H,52,55)/b18-16-. The van der Waals surface area contributed by atoms with Crippen LogP contribution < -0.4 is 5.32 Å². The zero-order valence-corrected chi connectivity index (χ0v) is 38.3. The zero-order valence-electron chi connectivity index (χ0n) is 38.3. The number of carbonyl (C=O) groups is 2. The second-order valence-corrected chi connectivity index (χ2v) is 17.5. The van der Waals surface area contributed by atoms with E-state index in [0.29, 0.717) is 25.9 Å². The lowest BCUT2D eigenvalue weighted by molar-refractivity contribution is -0.143. The van der Waals surface area contributed by atoms with Gasteiger partial charge in [-0.05, 0) is 51.4 Å². The molecule has 0 spiro atoms. The van der Waals surface area contributed by atoms with Crippen molar-refractivity contribution in [2.24, 2.45) is 0 Å². The maximum absolute atomic E-state index is 12.4. The fourth-order valence-electron chi connectivity index (χ4n) is 7.87. The third-order valence-electron chi connectivity index (χ3n) is 11.8. The van der Waals surface area contributed by atoms with Gasteiger partial charge in [0.25, 0.3) is 0 Å². The zero-order chi connectivity index (χ0) is 41.5. The van der Waals surface area contributed by atoms with Crippen LogP contribution in [0.15, 0.2) is 12.2 Å². The van der Waals surface area contributed by atoms with Crippen LogP contribution in [0.4, 0.5) is 0 Å². The molecule has 2 atom stereocenters. The summed E-state index contributed by atoms with van der Waals surface area (Å²) in [6.45, 7) is 4.92. The molecule has 0 aliphatic rings. The summed E-state index contributed by atoms with van der Waals surface area (Å²) >= 11 is 0. The Kier molecular flexibility index (Phi) is 46.1. The molecule has 57 heavy (non-hydrogen) atoms. The number of amides is 1. The summed E-state index contributed by atoms with van der Waals surface area (Å²) in [5, 5.41) is 23.1. The number of nitrogens with one attached hydrogen (secondary N) is 1. The van der Waals surface area contributed by atoms with E-state index in [-0.39, 0.29) is 18.5 Å². The summed E-state index contributed by atoms with van der Waals surface area (Å²) < 4.78 is 5.46. The maximum Gasteiger partial charge on any atom is 0.305 e. The van der Waals surface area contributed by atoms with E-state index in [9.17, 15) is 19.8 Å². The Morgan fingerprint density at radius 2 is 0.825 bits per heavy atom. The summed E-state index contributed by atoms with van der Waals surface area (Å²) in [5.74, 6) is -0.0489. The highest BCUT2D eigenvalue weighted by Gasteiger charge is 2.20. The first-order valence-electron chi connectivity index (χ1n) is 25.4. The smallest absolute Gasteiger partial charge is 0.305 e. The molecule has 0 bridgehead atoms. The van der Waals surface area contributed by atoms with Crippen molar-refractivity contribution in [2.45, 2.75) is 289 Å². The quantitative estimate of drug-likeness (QED) is 0.0323. The van der Waals surface area contributed by atoms with Crippen molar-refractivity contribution in [3.63, 3.8) is 0 Å². The van der Waals surface area contributed by atoms with E-state index in [1.54, 1.807) is 0 Å². The van der Waals surface area contributed by atoms with Gasteiger partial charge in [-0.25, -0.2) is 0 Å². The topological polar surface area (TPSA) is 95.9 Å². The normalized spacial score (nSPS) is 12.7. The number of hydrogen-bond donors (Lipinski definition) is 3. The molecule has 0 aromatic carbocycles. The number of rotatable bonds is 47. The van der Waals surface area contributed by atoms with Gasteiger partial charge in [0.15, 0.2) is 0 Å². The average molecular weight is 806 g/mol. The Labute approximate surface area is 355 Å². The largest absolute Gasteiger partial charge is 0.466 e. The molecule has 0 fully saturated rings. The van der Waals surface area contributed by atoms with E-state index in [0.717, 1.165) is 51.4 Å². The summed E-state index contributed by atoms with van der Waals surface area (Å²) in [5.41, 5.74) is 0. The van der Waals surface area contributed by atoms with Crippen molar-refractivity contribution < 1.29 is 24.5 Å². The van der Waals surface area contributed by atoms with Crippen molar-refractivity contribution in [2.75, 3.05) is 13.2 Å². The lowest BCUT2D eigenvalue weighted by Gasteiger charge is -2.22. The van der Waals surface area contributed by atoms with Crippen LogP contribution in [0.5, 0.6) is 0 Å². The van der Waals surface area contributed by atoms with Gasteiger partial charge in [0.2, 0.25) is 5.91 Å². The van der Waals surface area contributed by atoms with E-state index >= 15 is 0 Å². The predicted molar refractivity (Wildman–Crippen MR) is 246 cm³/mol. The molecule has 0 saturated carbocycles. The monoisotopic (exact) mass is 806 g/mol. The Morgan fingerprint density at radius 1 is 0.474 bits per heavy atom. The molecule has 0 heterocycles. The highest BCUT2D eigenvalue weighted by molar-refractivity contribution is 5.76. The molecule has 0 saturated heterocycles. The second-order valence-electron chi connectivity index (χ2n) is 17.5. The van der Waals surface area contributed by atoms with Crippen LogP contribution in [0, 0.1) is 0 Å². The second kappa shape index (κ2) is 47.3. The molecule has 3 N–H and O–H groups in total. The van der Waals surface area contributed by atoms with Crippen molar-refractivity contribution in [1.29, 1.82) is 0 Å². The molecule has 2 unspecified atom stereocenters. The number of hydrogen-bond acceptors (Lipinski definition) is 5. The molecule has 0 radical (unpaired) electrons. The summed E-state index contributed by atoms with van der Waals surface area (Å²) in [7, 11) is 0. The van der Waals surface area contributed by atoms with E-state index in [1.807, 2.05) is 0 Å². The molecule has 0 aromatic rings. The molecular formula is C51H99NO5. The van der Waals surface area contributed by atoms with Crippen molar-refractivity contribution >= 4 is 11.9 Å². The van der Waals surface area contributed by atoms with E-state index < -0.39 is 12.1 Å². The average Bonchev–Trinajstić information content (AvgIpc) is 3.21. The van der Waals surface area contributed by atoms with Gasteiger partial charge in [-0.3, -0.25) is 9.59 Å². The SMILES string of the molecule is CCCCCCCCCCCCCCCC(=O)OCCCCCCCC/C=C\CCCCCCCCCC(=O)NC(CO)C(O)CCCCCCCCCCCC. The van der Waals surface area contributed by atoms with Gasteiger partial charge in [0, 0.05) is 12.8 Å². The number of allylic oxidation sites excluding steroid dienone is 2. The van der Waals surface area contributed by atoms with Crippen molar-refractivity contribution in [3.8, 4) is 0 Å². The molecule has 0 aliphatic heterocycles. The van der Waals surface area contributed by atoms with Crippen LogP contribution in [0.25, 0.3) is 0 Å². The fourth-order valence-corrected chi connectivity index (χ4v) is 7.87. The first kappa shape index (κ1) is 55.6. The van der Waals surface area contributed by atoms with Crippen molar-refractivity contribution in [1.82, 2.24) is 5.32 Å². The molecule has 0 aromatic heterocycles. The third-order valence-corrected chi connectivity index (χ3v) is 11.8. The van der Waals surface area contributed by atoms with Gasteiger partial charge >= 0.3 is 5.97 Å². The van der Waals surface area contributed by atoms with E-state index in [2.05, 4.69) is 31.3 Å². The molecule has 0 aliphatic carbocycles. The van der Waals surface area contributed by atoms with Crippen LogP contribution in [-0.2, 0) is 14.3 Å². The minimum atomic E-state index is -0.669. The third kappa shape index (κ3) is 44.0. The fraction of sp³-hybridized carbons (Fsp3) is 0.922.